The second-order valence-electron chi connectivity index (χ2n) is 9.05. The van der Waals surface area contributed by atoms with Crippen LogP contribution in [0, 0.1) is 17.8 Å². The molecular weight excluding hydrogens is 316 g/mol. The smallest absolute Gasteiger partial charge is 0.305 e. The van der Waals surface area contributed by atoms with E-state index in [-0.39, 0.29) is 23.3 Å². The zero-order valence-electron chi connectivity index (χ0n) is 15.6. The summed E-state index contributed by atoms with van der Waals surface area (Å²) in [6, 6.07) is 0. The van der Waals surface area contributed by atoms with Crippen LogP contribution >= 0.6 is 0 Å². The summed E-state index contributed by atoms with van der Waals surface area (Å²) in [5.41, 5.74) is 0.900. The molecule has 1 heterocycles. The first kappa shape index (κ1) is 17.5. The first-order valence-corrected chi connectivity index (χ1v) is 10.1. The van der Waals surface area contributed by atoms with Gasteiger partial charge in [0.05, 0.1) is 24.4 Å². The summed E-state index contributed by atoms with van der Waals surface area (Å²) in [6.07, 6.45) is 12.1. The van der Waals surface area contributed by atoms with Gasteiger partial charge in [-0.1, -0.05) is 18.9 Å². The Morgan fingerprint density at radius 3 is 3.00 bits per heavy atom. The highest BCUT2D eigenvalue weighted by Gasteiger charge is 2.58. The van der Waals surface area contributed by atoms with Crippen LogP contribution in [-0.2, 0) is 14.3 Å². The number of aliphatic hydroxyl groups excluding tert-OH is 1. The number of esters is 1. The Morgan fingerprint density at radius 2 is 2.20 bits per heavy atom. The van der Waals surface area contributed by atoms with Crippen LogP contribution in [0.3, 0.4) is 0 Å². The number of carbonyl (C=O) groups is 1. The average Bonchev–Trinajstić information content (AvgIpc) is 2.57. The molecule has 6 atom stereocenters. The maximum absolute atomic E-state index is 11.6. The Hall–Kier alpha value is -0.870. The lowest BCUT2D eigenvalue weighted by Crippen LogP contribution is -2.61. The predicted octanol–water partition coefficient (Wildman–Crippen LogP) is 3.76. The van der Waals surface area contributed by atoms with E-state index in [9.17, 15) is 9.90 Å². The van der Waals surface area contributed by atoms with Gasteiger partial charge in [-0.05, 0) is 75.2 Å². The van der Waals surface area contributed by atoms with E-state index < -0.39 is 0 Å². The second kappa shape index (κ2) is 6.38. The molecule has 5 aliphatic rings. The van der Waals surface area contributed by atoms with Gasteiger partial charge in [0, 0.05) is 6.42 Å². The van der Waals surface area contributed by atoms with E-state index in [1.807, 2.05) is 0 Å². The van der Waals surface area contributed by atoms with Gasteiger partial charge >= 0.3 is 5.97 Å². The molecule has 4 aliphatic carbocycles. The van der Waals surface area contributed by atoms with E-state index in [1.54, 1.807) is 0 Å². The predicted molar refractivity (Wildman–Crippen MR) is 95.0 cm³/mol. The fraction of sp³-hybridized carbons (Fsp3) is 0.857. The summed E-state index contributed by atoms with van der Waals surface area (Å²) in [5, 5.41) is 10.7. The quantitative estimate of drug-likeness (QED) is 0.623. The van der Waals surface area contributed by atoms with Crippen LogP contribution in [0.5, 0.6) is 0 Å². The van der Waals surface area contributed by atoms with Gasteiger partial charge in [0.25, 0.3) is 0 Å². The molecule has 25 heavy (non-hydrogen) atoms. The summed E-state index contributed by atoms with van der Waals surface area (Å²) < 4.78 is 11.8. The van der Waals surface area contributed by atoms with Crippen molar-refractivity contribution in [3.05, 3.63) is 11.6 Å². The van der Waals surface area contributed by atoms with E-state index in [2.05, 4.69) is 13.0 Å². The third kappa shape index (κ3) is 2.95. The van der Waals surface area contributed by atoms with Gasteiger partial charge in [-0.2, -0.15) is 0 Å². The minimum absolute atomic E-state index is 0.153. The molecule has 0 aromatic heterocycles. The van der Waals surface area contributed by atoms with E-state index in [0.717, 1.165) is 38.0 Å². The molecule has 0 radical (unpaired) electrons. The number of fused-ring (bicyclic) bond motifs is 3. The van der Waals surface area contributed by atoms with Crippen LogP contribution in [-0.4, -0.2) is 35.5 Å². The first-order chi connectivity index (χ1) is 12.0. The van der Waals surface area contributed by atoms with Crippen LogP contribution in [0.2, 0.25) is 0 Å². The summed E-state index contributed by atoms with van der Waals surface area (Å²) in [5.74, 6) is 1.38. The molecule has 1 saturated heterocycles. The normalized spacial score (nSPS) is 45.8. The summed E-state index contributed by atoms with van der Waals surface area (Å²) in [6.45, 7) is 2.17. The lowest BCUT2D eigenvalue weighted by Gasteiger charge is -2.60. The van der Waals surface area contributed by atoms with E-state index in [0.29, 0.717) is 18.3 Å². The second-order valence-corrected chi connectivity index (χ2v) is 9.05. The topological polar surface area (TPSA) is 55.8 Å². The molecule has 4 fully saturated rings. The third-order valence-electron chi connectivity index (χ3n) is 7.53. The number of ether oxygens (including phenoxy) is 2. The molecule has 5 rings (SSSR count). The maximum atomic E-state index is 11.6. The van der Waals surface area contributed by atoms with Crippen LogP contribution in [0.1, 0.15) is 71.1 Å². The number of carbonyl (C=O) groups excluding carboxylic acids is 1. The molecule has 1 spiro atoms. The monoisotopic (exact) mass is 348 g/mol. The highest BCUT2D eigenvalue weighted by atomic mass is 16.5. The first-order valence-electron chi connectivity index (χ1n) is 10.1. The van der Waals surface area contributed by atoms with Crippen molar-refractivity contribution in [3.63, 3.8) is 0 Å². The van der Waals surface area contributed by atoms with Gasteiger partial charge in [0.1, 0.15) is 0 Å². The molecule has 4 bridgehead atoms. The van der Waals surface area contributed by atoms with E-state index in [1.165, 1.54) is 38.4 Å². The van der Waals surface area contributed by atoms with Gasteiger partial charge in [-0.15, -0.1) is 0 Å². The fourth-order valence-electron chi connectivity index (χ4n) is 6.24. The zero-order chi connectivity index (χ0) is 17.7. The Morgan fingerprint density at radius 1 is 1.36 bits per heavy atom. The minimum Gasteiger partial charge on any atom is -0.469 e. The van der Waals surface area contributed by atoms with Crippen LogP contribution in [0.4, 0.5) is 0 Å². The maximum Gasteiger partial charge on any atom is 0.305 e. The zero-order valence-corrected chi connectivity index (χ0v) is 15.6. The van der Waals surface area contributed by atoms with Crippen molar-refractivity contribution in [2.75, 3.05) is 7.11 Å². The molecule has 140 valence electrons. The molecule has 3 saturated carbocycles. The van der Waals surface area contributed by atoms with Crippen LogP contribution < -0.4 is 0 Å². The molecule has 0 amide bonds. The number of hydrogen-bond acceptors (Lipinski definition) is 4. The molecule has 0 aromatic carbocycles. The number of aliphatic hydroxyl groups is 1. The van der Waals surface area contributed by atoms with Crippen molar-refractivity contribution in [1.82, 2.24) is 0 Å². The van der Waals surface area contributed by atoms with Crippen LogP contribution in [0.25, 0.3) is 0 Å². The summed E-state index contributed by atoms with van der Waals surface area (Å²) in [7, 11) is 1.45. The third-order valence-corrected chi connectivity index (χ3v) is 7.53. The average molecular weight is 348 g/mol. The molecule has 6 unspecified atom stereocenters. The van der Waals surface area contributed by atoms with Gasteiger partial charge in [0.15, 0.2) is 0 Å². The van der Waals surface area contributed by atoms with Crippen molar-refractivity contribution in [2.45, 2.75) is 88.4 Å². The van der Waals surface area contributed by atoms with Crippen LogP contribution in [0.15, 0.2) is 11.6 Å². The molecule has 4 heteroatoms. The minimum atomic E-state index is -0.300. The number of hydrogen-bond donors (Lipinski definition) is 1. The van der Waals surface area contributed by atoms with Crippen molar-refractivity contribution >= 4 is 5.97 Å². The lowest BCUT2D eigenvalue weighted by atomic mass is 9.54. The molecule has 0 aromatic rings. The van der Waals surface area contributed by atoms with Crippen molar-refractivity contribution < 1.29 is 19.4 Å². The molecule has 1 N–H and O–H groups in total. The van der Waals surface area contributed by atoms with Gasteiger partial charge in [-0.3, -0.25) is 4.79 Å². The van der Waals surface area contributed by atoms with Crippen molar-refractivity contribution in [3.8, 4) is 0 Å². The number of methoxy groups -OCH3 is 1. The highest BCUT2D eigenvalue weighted by molar-refractivity contribution is 5.69. The molecule has 1 aliphatic heterocycles. The Balaban J connectivity index is 1.64. The Labute approximate surface area is 151 Å². The Bertz CT molecular complexity index is 568. The summed E-state index contributed by atoms with van der Waals surface area (Å²) >= 11 is 0. The summed E-state index contributed by atoms with van der Waals surface area (Å²) in [4.78, 5) is 11.6. The van der Waals surface area contributed by atoms with E-state index in [4.69, 9.17) is 9.47 Å². The number of rotatable bonds is 3. The fourth-order valence-corrected chi connectivity index (χ4v) is 6.24. The largest absolute Gasteiger partial charge is 0.469 e. The molecular formula is C21H32O4. The lowest BCUT2D eigenvalue weighted by molar-refractivity contribution is -0.223. The van der Waals surface area contributed by atoms with Crippen molar-refractivity contribution in [2.24, 2.45) is 17.8 Å². The Kier molecular flexibility index (Phi) is 4.48. The SMILES string of the molecule is COC(=O)CCC1(C)CCC2=CC(O)C3CCCC4CCC3C2(C4)O1. The highest BCUT2D eigenvalue weighted by Crippen LogP contribution is 2.59. The van der Waals surface area contributed by atoms with Gasteiger partial charge in [0.2, 0.25) is 0 Å². The van der Waals surface area contributed by atoms with Gasteiger partial charge in [-0.25, -0.2) is 0 Å². The van der Waals surface area contributed by atoms with Crippen molar-refractivity contribution in [1.29, 1.82) is 0 Å². The molecule has 4 nitrogen and oxygen atoms in total. The standard InChI is InChI=1S/C21H32O4/c1-20(11-9-19(23)24-2)10-8-15-12-18(22)16-5-3-4-14-6-7-17(16)21(15,13-14)25-20/h12,14,16-18,22H,3-11,13H2,1-2H3. The van der Waals surface area contributed by atoms with E-state index >= 15 is 0 Å². The van der Waals surface area contributed by atoms with Gasteiger partial charge < -0.3 is 14.6 Å².